The molecule has 0 aromatic rings. The molecule has 16 heavy (non-hydrogen) atoms. The summed E-state index contributed by atoms with van der Waals surface area (Å²) in [4.78, 5) is 0. The second-order valence-corrected chi connectivity index (χ2v) is 7.68. The third-order valence-electron chi connectivity index (χ3n) is 2.81. The predicted molar refractivity (Wildman–Crippen MR) is 72.6 cm³/mol. The van der Waals surface area contributed by atoms with E-state index in [1.165, 1.54) is 0 Å². The summed E-state index contributed by atoms with van der Waals surface area (Å²) in [5.41, 5.74) is 0. The Morgan fingerprint density at radius 1 is 1.12 bits per heavy atom. The van der Waals surface area contributed by atoms with Crippen LogP contribution in [0.25, 0.3) is 0 Å². The van der Waals surface area contributed by atoms with Crippen molar-refractivity contribution >= 4 is 7.14 Å². The topological polar surface area (TPSA) is 37.3 Å². The summed E-state index contributed by atoms with van der Waals surface area (Å²) in [5.74, 6) is -0.717. The summed E-state index contributed by atoms with van der Waals surface area (Å²) in [7, 11) is -2.40. The minimum atomic E-state index is -2.40. The van der Waals surface area contributed by atoms with Gasteiger partial charge in [0.2, 0.25) is 0 Å². The van der Waals surface area contributed by atoms with Crippen molar-refractivity contribution in [3.63, 3.8) is 0 Å². The van der Waals surface area contributed by atoms with Gasteiger partial charge in [-0.15, -0.1) is 0 Å². The lowest BCUT2D eigenvalue weighted by Crippen LogP contribution is -2.10. The van der Waals surface area contributed by atoms with E-state index in [9.17, 15) is 9.67 Å². The van der Waals surface area contributed by atoms with Gasteiger partial charge in [0.25, 0.3) is 0 Å². The normalized spacial score (nSPS) is 14.5. The molecule has 1 N–H and O–H groups in total. The smallest absolute Gasteiger partial charge is 0.125 e. The van der Waals surface area contributed by atoms with Crippen LogP contribution in [0.5, 0.6) is 0 Å². The van der Waals surface area contributed by atoms with Crippen LogP contribution in [-0.2, 0) is 4.57 Å². The fourth-order valence-corrected chi connectivity index (χ4v) is 4.53. The first-order valence-corrected chi connectivity index (χ1v) is 8.67. The lowest BCUT2D eigenvalue weighted by Gasteiger charge is -2.21. The highest BCUT2D eigenvalue weighted by atomic mass is 31.2. The number of rotatable bonds is 9. The zero-order valence-corrected chi connectivity index (χ0v) is 11.9. The van der Waals surface area contributed by atoms with Gasteiger partial charge in [-0.1, -0.05) is 45.8 Å². The molecule has 0 rings (SSSR count). The molecule has 0 aliphatic carbocycles. The maximum Gasteiger partial charge on any atom is 0.125 e. The average Bonchev–Trinajstić information content (AvgIpc) is 2.30. The van der Waals surface area contributed by atoms with Crippen LogP contribution in [0.2, 0.25) is 0 Å². The molecule has 0 bridgehead atoms. The summed E-state index contributed by atoms with van der Waals surface area (Å²) < 4.78 is 12.6. The van der Waals surface area contributed by atoms with Crippen LogP contribution in [0.1, 0.15) is 52.9 Å². The summed E-state index contributed by atoms with van der Waals surface area (Å²) in [6, 6.07) is 0. The fraction of sp³-hybridized carbons (Fsp3) is 0.846. The van der Waals surface area contributed by atoms with E-state index in [1.807, 2.05) is 13.0 Å². The molecule has 0 aromatic carbocycles. The molecule has 0 aromatic heterocycles. The lowest BCUT2D eigenvalue weighted by molar-refractivity contribution is 0.291. The Labute approximate surface area is 101 Å². The third kappa shape index (κ3) is 5.86. The van der Waals surface area contributed by atoms with E-state index in [2.05, 4.69) is 13.8 Å². The Bertz CT molecular complexity index is 224. The Kier molecular flexibility index (Phi) is 8.97. The van der Waals surface area contributed by atoms with Gasteiger partial charge >= 0.3 is 0 Å². The third-order valence-corrected chi connectivity index (χ3v) is 6.09. The number of hydrogen-bond acceptors (Lipinski definition) is 2. The number of allylic oxidation sites excluding steroid dienone is 1. The van der Waals surface area contributed by atoms with Gasteiger partial charge in [-0.2, -0.15) is 0 Å². The van der Waals surface area contributed by atoms with Crippen LogP contribution in [0.3, 0.4) is 0 Å². The van der Waals surface area contributed by atoms with Crippen LogP contribution in [0.15, 0.2) is 12.2 Å². The lowest BCUT2D eigenvalue weighted by atomic mass is 10.4. The first-order valence-electron chi connectivity index (χ1n) is 6.53. The zero-order chi connectivity index (χ0) is 12.4. The van der Waals surface area contributed by atoms with Gasteiger partial charge in [0.1, 0.15) is 13.0 Å². The van der Waals surface area contributed by atoms with E-state index < -0.39 is 13.0 Å². The number of aliphatic hydroxyl groups is 1. The second-order valence-electron chi connectivity index (χ2n) is 4.36. The van der Waals surface area contributed by atoms with Crippen molar-refractivity contribution in [3.05, 3.63) is 12.2 Å². The zero-order valence-electron chi connectivity index (χ0n) is 11.0. The van der Waals surface area contributed by atoms with Crippen molar-refractivity contribution in [1.82, 2.24) is 0 Å². The SMILES string of the molecule is CC/C=C/C(O)P(=O)(CCCC)CCCC. The molecule has 1 unspecified atom stereocenters. The first kappa shape index (κ1) is 15.9. The molecule has 0 amide bonds. The van der Waals surface area contributed by atoms with Crippen LogP contribution in [-0.4, -0.2) is 23.3 Å². The summed E-state index contributed by atoms with van der Waals surface area (Å²) >= 11 is 0. The van der Waals surface area contributed by atoms with Gasteiger partial charge in [-0.25, -0.2) is 0 Å². The highest BCUT2D eigenvalue weighted by Crippen LogP contribution is 2.51. The van der Waals surface area contributed by atoms with Crippen molar-refractivity contribution < 1.29 is 9.67 Å². The minimum absolute atomic E-state index is 0.693. The molecule has 0 spiro atoms. The molecule has 0 saturated carbocycles. The van der Waals surface area contributed by atoms with Gasteiger partial charge in [-0.05, 0) is 19.3 Å². The molecule has 0 saturated heterocycles. The second kappa shape index (κ2) is 9.01. The van der Waals surface area contributed by atoms with E-state index in [0.717, 1.165) is 32.1 Å². The van der Waals surface area contributed by atoms with Gasteiger partial charge in [-0.3, -0.25) is 0 Å². The van der Waals surface area contributed by atoms with Gasteiger partial charge in [0, 0.05) is 12.3 Å². The monoisotopic (exact) mass is 246 g/mol. The Morgan fingerprint density at radius 3 is 2.00 bits per heavy atom. The molecule has 96 valence electrons. The first-order chi connectivity index (χ1) is 7.60. The molecule has 0 aliphatic heterocycles. The number of aliphatic hydroxyl groups excluding tert-OH is 1. The summed E-state index contributed by atoms with van der Waals surface area (Å²) in [5, 5.41) is 10.0. The molecular formula is C13H27O2P. The molecule has 2 nitrogen and oxygen atoms in total. The fourth-order valence-electron chi connectivity index (χ4n) is 1.64. The molecule has 0 aliphatic rings. The average molecular weight is 246 g/mol. The highest BCUT2D eigenvalue weighted by molar-refractivity contribution is 7.64. The van der Waals surface area contributed by atoms with Crippen molar-refractivity contribution in [2.24, 2.45) is 0 Å². The highest BCUT2D eigenvalue weighted by Gasteiger charge is 2.27. The quantitative estimate of drug-likeness (QED) is 0.488. The molecule has 0 fully saturated rings. The molecular weight excluding hydrogens is 219 g/mol. The summed E-state index contributed by atoms with van der Waals surface area (Å²) in [6.07, 6.45) is 9.91. The van der Waals surface area contributed by atoms with Crippen LogP contribution < -0.4 is 0 Å². The predicted octanol–water partition coefficient (Wildman–Crippen LogP) is 4.23. The van der Waals surface area contributed by atoms with Crippen molar-refractivity contribution in [2.75, 3.05) is 12.3 Å². The molecule has 0 heterocycles. The summed E-state index contributed by atoms with van der Waals surface area (Å²) in [6.45, 7) is 6.21. The standard InChI is InChI=1S/C13H27O2P/c1-4-7-10-13(14)16(15,11-8-5-2)12-9-6-3/h7,10,13-14H,4-6,8-9,11-12H2,1-3H3/b10-7+. The van der Waals surface area contributed by atoms with Crippen LogP contribution in [0, 0.1) is 0 Å². The largest absolute Gasteiger partial charge is 0.381 e. The van der Waals surface area contributed by atoms with E-state index in [-0.39, 0.29) is 0 Å². The van der Waals surface area contributed by atoms with E-state index in [0.29, 0.717) is 12.3 Å². The van der Waals surface area contributed by atoms with Crippen molar-refractivity contribution in [2.45, 2.75) is 58.7 Å². The minimum Gasteiger partial charge on any atom is -0.381 e. The van der Waals surface area contributed by atoms with Gasteiger partial charge in [0.15, 0.2) is 0 Å². The maximum atomic E-state index is 12.6. The van der Waals surface area contributed by atoms with E-state index >= 15 is 0 Å². The number of unbranched alkanes of at least 4 members (excludes halogenated alkanes) is 2. The Hall–Kier alpha value is -0.0700. The van der Waals surface area contributed by atoms with E-state index in [4.69, 9.17) is 0 Å². The van der Waals surface area contributed by atoms with Gasteiger partial charge in [0.05, 0.1) is 0 Å². The van der Waals surface area contributed by atoms with Gasteiger partial charge < -0.3 is 9.67 Å². The van der Waals surface area contributed by atoms with Crippen molar-refractivity contribution in [1.29, 1.82) is 0 Å². The van der Waals surface area contributed by atoms with Crippen molar-refractivity contribution in [3.8, 4) is 0 Å². The van der Waals surface area contributed by atoms with Crippen LogP contribution in [0.4, 0.5) is 0 Å². The van der Waals surface area contributed by atoms with E-state index in [1.54, 1.807) is 6.08 Å². The molecule has 3 heteroatoms. The van der Waals surface area contributed by atoms with Crippen LogP contribution >= 0.6 is 7.14 Å². The maximum absolute atomic E-state index is 12.6. The molecule has 1 atom stereocenters. The number of hydrogen-bond donors (Lipinski definition) is 1. The Balaban J connectivity index is 4.49. The molecule has 0 radical (unpaired) electrons. The Morgan fingerprint density at radius 2 is 1.62 bits per heavy atom.